The van der Waals surface area contributed by atoms with Crippen molar-refractivity contribution in [2.24, 2.45) is 5.10 Å². The first kappa shape index (κ1) is 14.0. The molecule has 0 aliphatic carbocycles. The molecule has 20 heavy (non-hydrogen) atoms. The van der Waals surface area contributed by atoms with Gasteiger partial charge < -0.3 is 0 Å². The molecule has 0 atom stereocenters. The van der Waals surface area contributed by atoms with E-state index in [1.54, 1.807) is 31.2 Å². The zero-order valence-electron chi connectivity index (χ0n) is 10.6. The lowest BCUT2D eigenvalue weighted by atomic mass is 10.1. The van der Waals surface area contributed by atoms with E-state index in [0.717, 1.165) is 5.56 Å². The Kier molecular flexibility index (Phi) is 4.27. The third kappa shape index (κ3) is 3.52. The molecule has 0 unspecified atom stereocenters. The molecule has 7 heteroatoms. The van der Waals surface area contributed by atoms with Crippen LogP contribution in [0.4, 0.5) is 0 Å². The van der Waals surface area contributed by atoms with Gasteiger partial charge in [-0.25, -0.2) is 10.5 Å². The maximum absolute atomic E-state index is 11.7. The number of hydrogen-bond acceptors (Lipinski definition) is 4. The van der Waals surface area contributed by atoms with Crippen molar-refractivity contribution in [1.82, 2.24) is 15.6 Å². The molecule has 2 rings (SSSR count). The Bertz CT molecular complexity index is 687. The third-order valence-electron chi connectivity index (χ3n) is 2.50. The normalized spacial score (nSPS) is 11.2. The largest absolute Gasteiger partial charge is 0.291 e. The van der Waals surface area contributed by atoms with Gasteiger partial charge in [0.25, 0.3) is 11.5 Å². The highest BCUT2D eigenvalue weighted by Gasteiger charge is 2.06. The standard InChI is InChI=1S/C13H11ClN4O2/c1-8(9-2-4-10(14)5-3-9)15-18-13(20)11-6-7-12(19)17-16-11/h2-7H,1H3,(H,17,19)(H,18,20)/b15-8+. The van der Waals surface area contributed by atoms with E-state index < -0.39 is 5.91 Å². The topological polar surface area (TPSA) is 87.2 Å². The number of aromatic amines is 1. The first-order chi connectivity index (χ1) is 9.56. The summed E-state index contributed by atoms with van der Waals surface area (Å²) in [5, 5.41) is 10.4. The summed E-state index contributed by atoms with van der Waals surface area (Å²) in [6, 6.07) is 9.61. The van der Waals surface area contributed by atoms with Crippen LogP contribution in [0.1, 0.15) is 23.0 Å². The summed E-state index contributed by atoms with van der Waals surface area (Å²) < 4.78 is 0. The number of benzene rings is 1. The molecule has 0 fully saturated rings. The second-order valence-electron chi connectivity index (χ2n) is 3.95. The molecule has 0 aliphatic rings. The van der Waals surface area contributed by atoms with E-state index in [1.807, 2.05) is 0 Å². The summed E-state index contributed by atoms with van der Waals surface area (Å²) >= 11 is 5.79. The van der Waals surface area contributed by atoms with Crippen molar-refractivity contribution in [2.75, 3.05) is 0 Å². The zero-order chi connectivity index (χ0) is 14.5. The summed E-state index contributed by atoms with van der Waals surface area (Å²) in [5.41, 5.74) is 3.53. The van der Waals surface area contributed by atoms with Crippen LogP contribution in [0.15, 0.2) is 46.3 Å². The van der Waals surface area contributed by atoms with Crippen LogP contribution >= 0.6 is 11.6 Å². The van der Waals surface area contributed by atoms with Crippen LogP contribution in [0.25, 0.3) is 0 Å². The first-order valence-corrected chi connectivity index (χ1v) is 6.10. The number of rotatable bonds is 3. The highest BCUT2D eigenvalue weighted by atomic mass is 35.5. The van der Waals surface area contributed by atoms with Gasteiger partial charge in [-0.15, -0.1) is 0 Å². The van der Waals surface area contributed by atoms with Crippen LogP contribution < -0.4 is 11.0 Å². The summed E-state index contributed by atoms with van der Waals surface area (Å²) in [6.45, 7) is 1.75. The van der Waals surface area contributed by atoms with E-state index in [9.17, 15) is 9.59 Å². The Morgan fingerprint density at radius 3 is 2.55 bits per heavy atom. The number of nitrogens with zero attached hydrogens (tertiary/aromatic N) is 2. The molecule has 0 saturated carbocycles. The predicted octanol–water partition coefficient (Wildman–Crippen LogP) is 1.58. The second-order valence-corrected chi connectivity index (χ2v) is 4.39. The highest BCUT2D eigenvalue weighted by molar-refractivity contribution is 6.30. The van der Waals surface area contributed by atoms with Gasteiger partial charge in [0.05, 0.1) is 5.71 Å². The molecule has 2 aromatic rings. The third-order valence-corrected chi connectivity index (χ3v) is 2.75. The van der Waals surface area contributed by atoms with Gasteiger partial charge in [0.1, 0.15) is 0 Å². The van der Waals surface area contributed by atoms with Crippen LogP contribution in [0.2, 0.25) is 5.02 Å². The summed E-state index contributed by atoms with van der Waals surface area (Å²) in [4.78, 5) is 22.6. The summed E-state index contributed by atoms with van der Waals surface area (Å²) in [5.74, 6) is -0.505. The van der Waals surface area contributed by atoms with Crippen LogP contribution in [0, 0.1) is 0 Å². The fourth-order valence-corrected chi connectivity index (χ4v) is 1.54. The fraction of sp³-hybridized carbons (Fsp3) is 0.0769. The lowest BCUT2D eigenvalue weighted by Gasteiger charge is -2.02. The molecule has 1 aromatic heterocycles. The van der Waals surface area contributed by atoms with E-state index in [2.05, 4.69) is 20.7 Å². The summed E-state index contributed by atoms with van der Waals surface area (Å²) in [7, 11) is 0. The molecule has 0 aliphatic heterocycles. The van der Waals surface area contributed by atoms with E-state index >= 15 is 0 Å². The van der Waals surface area contributed by atoms with Crippen molar-refractivity contribution < 1.29 is 4.79 Å². The van der Waals surface area contributed by atoms with Crippen molar-refractivity contribution in [2.45, 2.75) is 6.92 Å². The maximum atomic E-state index is 11.7. The van der Waals surface area contributed by atoms with Crippen LogP contribution in [0.3, 0.4) is 0 Å². The molecule has 1 amide bonds. The van der Waals surface area contributed by atoms with Crippen LogP contribution in [-0.4, -0.2) is 21.8 Å². The second kappa shape index (κ2) is 6.12. The number of carbonyl (C=O) groups is 1. The zero-order valence-corrected chi connectivity index (χ0v) is 11.3. The lowest BCUT2D eigenvalue weighted by Crippen LogP contribution is -2.22. The molecular formula is C13H11ClN4O2. The maximum Gasteiger partial charge on any atom is 0.291 e. The minimum absolute atomic E-state index is 0.0808. The lowest BCUT2D eigenvalue weighted by molar-refractivity contribution is 0.0948. The number of halogens is 1. The average Bonchev–Trinajstić information content (AvgIpc) is 2.46. The monoisotopic (exact) mass is 290 g/mol. The molecule has 6 nitrogen and oxygen atoms in total. The van der Waals surface area contributed by atoms with Gasteiger partial charge in [-0.3, -0.25) is 9.59 Å². The average molecular weight is 291 g/mol. The fourth-order valence-electron chi connectivity index (χ4n) is 1.42. The van der Waals surface area contributed by atoms with Gasteiger partial charge in [-0.05, 0) is 30.7 Å². The summed E-state index contributed by atoms with van der Waals surface area (Å²) in [6.07, 6.45) is 0. The molecule has 2 N–H and O–H groups in total. The van der Waals surface area contributed by atoms with Crippen LogP contribution in [-0.2, 0) is 0 Å². The van der Waals surface area contributed by atoms with Crippen molar-refractivity contribution in [3.8, 4) is 0 Å². The molecule has 0 radical (unpaired) electrons. The highest BCUT2D eigenvalue weighted by Crippen LogP contribution is 2.10. The van der Waals surface area contributed by atoms with Gasteiger partial charge in [-0.2, -0.15) is 10.2 Å². The number of carbonyl (C=O) groups excluding carboxylic acids is 1. The molecule has 0 bridgehead atoms. The minimum atomic E-state index is -0.505. The van der Waals surface area contributed by atoms with Crippen molar-refractivity contribution in [1.29, 1.82) is 0 Å². The molecule has 1 aromatic carbocycles. The van der Waals surface area contributed by atoms with Gasteiger partial charge in [-0.1, -0.05) is 23.7 Å². The van der Waals surface area contributed by atoms with Crippen molar-refractivity contribution in [3.63, 3.8) is 0 Å². The number of nitrogens with one attached hydrogen (secondary N) is 2. The van der Waals surface area contributed by atoms with Gasteiger partial charge in [0.2, 0.25) is 0 Å². The Balaban J connectivity index is 2.08. The number of H-pyrrole nitrogens is 1. The Morgan fingerprint density at radius 1 is 1.25 bits per heavy atom. The van der Waals surface area contributed by atoms with E-state index in [-0.39, 0.29) is 11.3 Å². The Hall–Kier alpha value is -2.47. The van der Waals surface area contributed by atoms with E-state index in [4.69, 9.17) is 11.6 Å². The van der Waals surface area contributed by atoms with Gasteiger partial charge in [0.15, 0.2) is 5.69 Å². The number of amides is 1. The van der Waals surface area contributed by atoms with E-state index in [1.165, 1.54) is 12.1 Å². The predicted molar refractivity (Wildman–Crippen MR) is 76.0 cm³/mol. The molecule has 1 heterocycles. The molecule has 0 spiro atoms. The van der Waals surface area contributed by atoms with E-state index in [0.29, 0.717) is 10.7 Å². The van der Waals surface area contributed by atoms with Crippen molar-refractivity contribution >= 4 is 23.2 Å². The number of hydrazone groups is 1. The number of aromatic nitrogens is 2. The Morgan fingerprint density at radius 2 is 1.95 bits per heavy atom. The quantitative estimate of drug-likeness (QED) is 0.664. The molecule has 102 valence electrons. The molecule has 0 saturated heterocycles. The Labute approximate surface area is 119 Å². The van der Waals surface area contributed by atoms with Gasteiger partial charge in [0, 0.05) is 11.1 Å². The number of hydrogen-bond donors (Lipinski definition) is 2. The first-order valence-electron chi connectivity index (χ1n) is 5.72. The SMILES string of the molecule is C/C(=N\NC(=O)c1ccc(=O)[nH]n1)c1ccc(Cl)cc1. The smallest absolute Gasteiger partial charge is 0.268 e. The van der Waals surface area contributed by atoms with Crippen molar-refractivity contribution in [3.05, 3.63) is 63.0 Å². The minimum Gasteiger partial charge on any atom is -0.268 e. The van der Waals surface area contributed by atoms with Crippen LogP contribution in [0.5, 0.6) is 0 Å². The molecular weight excluding hydrogens is 280 g/mol. The van der Waals surface area contributed by atoms with Gasteiger partial charge >= 0.3 is 0 Å².